The second-order valence-electron chi connectivity index (χ2n) is 5.75. The van der Waals surface area contributed by atoms with Crippen molar-refractivity contribution in [3.8, 4) is 5.75 Å². The Labute approximate surface area is 135 Å². The third-order valence-electron chi connectivity index (χ3n) is 3.83. The number of carbonyl (C=O) groups is 1. The van der Waals surface area contributed by atoms with Crippen molar-refractivity contribution in [3.05, 3.63) is 23.8 Å². The summed E-state index contributed by atoms with van der Waals surface area (Å²) in [5.74, 6) is 0.0224. The van der Waals surface area contributed by atoms with Gasteiger partial charge in [-0.2, -0.15) is 8.42 Å². The van der Waals surface area contributed by atoms with Gasteiger partial charge < -0.3 is 14.8 Å². The van der Waals surface area contributed by atoms with E-state index in [4.69, 9.17) is 9.47 Å². The first-order chi connectivity index (χ1) is 10.6. The number of likely N-dealkylation sites (N-methyl/N-ethyl adjacent to an activating group) is 1. The van der Waals surface area contributed by atoms with E-state index in [1.165, 1.54) is 20.2 Å². The molecule has 1 aromatic rings. The van der Waals surface area contributed by atoms with Gasteiger partial charge in [0.1, 0.15) is 12.3 Å². The lowest BCUT2D eigenvalue weighted by Crippen LogP contribution is -2.39. The Morgan fingerprint density at radius 1 is 1.48 bits per heavy atom. The van der Waals surface area contributed by atoms with E-state index in [0.29, 0.717) is 10.1 Å². The summed E-state index contributed by atoms with van der Waals surface area (Å²) in [6, 6.07) is 4.63. The summed E-state index contributed by atoms with van der Waals surface area (Å²) >= 11 is 0. The Morgan fingerprint density at radius 3 is 2.65 bits per heavy atom. The highest BCUT2D eigenvalue weighted by atomic mass is 32.2. The number of rotatable bonds is 5. The SMILES string of the molecule is CNC(=O)CN(c1ccc2c(c1)C(C)(C)C(OC)O2)S(=O)(=O)O. The van der Waals surface area contributed by atoms with E-state index in [1.54, 1.807) is 12.1 Å². The molecule has 2 rings (SSSR count). The van der Waals surface area contributed by atoms with Gasteiger partial charge in [-0.25, -0.2) is 4.31 Å². The molecule has 1 amide bonds. The van der Waals surface area contributed by atoms with Crippen LogP contribution in [0.1, 0.15) is 19.4 Å². The zero-order valence-electron chi connectivity index (χ0n) is 13.4. The molecule has 0 aliphatic carbocycles. The molecule has 0 radical (unpaired) electrons. The Balaban J connectivity index is 2.47. The van der Waals surface area contributed by atoms with Crippen LogP contribution in [0.25, 0.3) is 0 Å². The second-order valence-corrected chi connectivity index (χ2v) is 7.08. The maximum atomic E-state index is 11.6. The fourth-order valence-electron chi connectivity index (χ4n) is 2.53. The van der Waals surface area contributed by atoms with Gasteiger partial charge in [0.15, 0.2) is 0 Å². The zero-order chi connectivity index (χ0) is 17.4. The summed E-state index contributed by atoms with van der Waals surface area (Å²) in [5, 5.41) is 2.32. The molecule has 1 heterocycles. The Morgan fingerprint density at radius 2 is 2.13 bits per heavy atom. The van der Waals surface area contributed by atoms with E-state index in [1.807, 2.05) is 13.8 Å². The lowest BCUT2D eigenvalue weighted by Gasteiger charge is -2.25. The molecule has 0 saturated heterocycles. The van der Waals surface area contributed by atoms with Crippen LogP contribution in [0.5, 0.6) is 5.75 Å². The summed E-state index contributed by atoms with van der Waals surface area (Å²) in [6.45, 7) is 3.27. The summed E-state index contributed by atoms with van der Waals surface area (Å²) in [5.41, 5.74) is 0.383. The van der Waals surface area contributed by atoms with E-state index in [2.05, 4.69) is 5.32 Å². The van der Waals surface area contributed by atoms with Crippen molar-refractivity contribution in [2.45, 2.75) is 25.6 Å². The number of ether oxygens (including phenoxy) is 2. The van der Waals surface area contributed by atoms with Crippen LogP contribution in [-0.2, 0) is 25.3 Å². The third kappa shape index (κ3) is 3.26. The van der Waals surface area contributed by atoms with E-state index in [-0.39, 0.29) is 5.69 Å². The topological polar surface area (TPSA) is 105 Å². The van der Waals surface area contributed by atoms with Gasteiger partial charge in [0.05, 0.1) is 11.1 Å². The van der Waals surface area contributed by atoms with Gasteiger partial charge in [-0.1, -0.05) is 0 Å². The Kier molecular flexibility index (Phi) is 4.56. The lowest BCUT2D eigenvalue weighted by atomic mass is 9.85. The minimum absolute atomic E-state index is 0.170. The van der Waals surface area contributed by atoms with Crippen molar-refractivity contribution in [1.29, 1.82) is 0 Å². The highest BCUT2D eigenvalue weighted by Crippen LogP contribution is 2.44. The fraction of sp³-hybridized carbons (Fsp3) is 0.500. The number of fused-ring (bicyclic) bond motifs is 1. The number of anilines is 1. The quantitative estimate of drug-likeness (QED) is 0.761. The zero-order valence-corrected chi connectivity index (χ0v) is 14.2. The first kappa shape index (κ1) is 17.5. The number of methoxy groups -OCH3 is 1. The van der Waals surface area contributed by atoms with Crippen LogP contribution in [0.15, 0.2) is 18.2 Å². The smallest absolute Gasteiger partial charge is 0.360 e. The monoisotopic (exact) mass is 344 g/mol. The molecule has 8 nitrogen and oxygen atoms in total. The molecule has 0 spiro atoms. The molecule has 23 heavy (non-hydrogen) atoms. The highest BCUT2D eigenvalue weighted by molar-refractivity contribution is 7.87. The first-order valence-corrected chi connectivity index (χ1v) is 8.30. The maximum Gasteiger partial charge on any atom is 0.360 e. The van der Waals surface area contributed by atoms with Crippen LogP contribution >= 0.6 is 0 Å². The van der Waals surface area contributed by atoms with Gasteiger partial charge in [-0.3, -0.25) is 9.35 Å². The van der Waals surface area contributed by atoms with Crippen LogP contribution < -0.4 is 14.4 Å². The molecule has 0 fully saturated rings. The van der Waals surface area contributed by atoms with Crippen molar-refractivity contribution < 1.29 is 27.2 Å². The number of hydrogen-bond acceptors (Lipinski definition) is 5. The number of benzene rings is 1. The van der Waals surface area contributed by atoms with Crippen LogP contribution in [0.3, 0.4) is 0 Å². The molecule has 0 aromatic heterocycles. The molecule has 1 unspecified atom stereocenters. The van der Waals surface area contributed by atoms with Crippen LogP contribution in [0.4, 0.5) is 5.69 Å². The summed E-state index contributed by atoms with van der Waals surface area (Å²) < 4.78 is 44.2. The van der Waals surface area contributed by atoms with Gasteiger partial charge >= 0.3 is 10.3 Å². The summed E-state index contributed by atoms with van der Waals surface area (Å²) in [6.07, 6.45) is -0.508. The van der Waals surface area contributed by atoms with Crippen molar-refractivity contribution in [3.63, 3.8) is 0 Å². The van der Waals surface area contributed by atoms with Gasteiger partial charge in [0.25, 0.3) is 0 Å². The normalized spacial score (nSPS) is 18.9. The highest BCUT2D eigenvalue weighted by Gasteiger charge is 2.42. The molecule has 0 saturated carbocycles. The second kappa shape index (κ2) is 5.99. The van der Waals surface area contributed by atoms with E-state index >= 15 is 0 Å². The van der Waals surface area contributed by atoms with E-state index in [9.17, 15) is 17.8 Å². The van der Waals surface area contributed by atoms with Crippen molar-refractivity contribution in [2.75, 3.05) is 25.0 Å². The van der Waals surface area contributed by atoms with Crippen molar-refractivity contribution in [2.24, 2.45) is 0 Å². The predicted molar refractivity (Wildman–Crippen MR) is 83.9 cm³/mol. The average molecular weight is 344 g/mol. The Hall–Kier alpha value is -1.84. The standard InChI is InChI=1S/C14H20N2O6S/c1-14(2)10-7-9(5-6-11(10)22-13(14)21-4)16(23(18,19)20)8-12(17)15-3/h5-7,13H,8H2,1-4H3,(H,15,17)(H,18,19,20). The lowest BCUT2D eigenvalue weighted by molar-refractivity contribution is -0.119. The summed E-state index contributed by atoms with van der Waals surface area (Å²) in [4.78, 5) is 11.5. The van der Waals surface area contributed by atoms with E-state index in [0.717, 1.165) is 5.56 Å². The van der Waals surface area contributed by atoms with Gasteiger partial charge in [0.2, 0.25) is 12.2 Å². The number of nitrogens with one attached hydrogen (secondary N) is 1. The van der Waals surface area contributed by atoms with Gasteiger partial charge in [-0.05, 0) is 32.0 Å². The number of hydrogen-bond donors (Lipinski definition) is 2. The minimum atomic E-state index is -4.60. The first-order valence-electron chi connectivity index (χ1n) is 6.91. The van der Waals surface area contributed by atoms with Crippen molar-refractivity contribution >= 4 is 21.9 Å². The largest absolute Gasteiger partial charge is 0.464 e. The molecular weight excluding hydrogens is 324 g/mol. The van der Waals surface area contributed by atoms with Crippen molar-refractivity contribution in [1.82, 2.24) is 5.32 Å². The molecule has 1 aromatic carbocycles. The third-order valence-corrected chi connectivity index (χ3v) is 4.72. The van der Waals surface area contributed by atoms with Crippen LogP contribution in [-0.4, -0.2) is 45.9 Å². The number of nitrogens with zero attached hydrogens (tertiary/aromatic N) is 1. The molecule has 1 aliphatic rings. The molecule has 0 bridgehead atoms. The molecule has 2 N–H and O–H groups in total. The minimum Gasteiger partial charge on any atom is -0.464 e. The van der Waals surface area contributed by atoms with Gasteiger partial charge in [0, 0.05) is 19.7 Å². The van der Waals surface area contributed by atoms with Gasteiger partial charge in [-0.15, -0.1) is 0 Å². The predicted octanol–water partition coefficient (Wildman–Crippen LogP) is 0.684. The maximum absolute atomic E-state index is 11.6. The average Bonchev–Trinajstić information content (AvgIpc) is 2.73. The summed E-state index contributed by atoms with van der Waals surface area (Å²) in [7, 11) is -1.69. The number of carbonyl (C=O) groups excluding carboxylic acids is 1. The fourth-order valence-corrected chi connectivity index (χ4v) is 3.19. The molecule has 9 heteroatoms. The van der Waals surface area contributed by atoms with E-state index < -0.39 is 34.5 Å². The Bertz CT molecular complexity index is 716. The number of amides is 1. The molecular formula is C14H20N2O6S. The molecule has 1 aliphatic heterocycles. The molecule has 128 valence electrons. The van der Waals surface area contributed by atoms with Crippen LogP contribution in [0, 0.1) is 0 Å². The van der Waals surface area contributed by atoms with Crippen LogP contribution in [0.2, 0.25) is 0 Å². The molecule has 1 atom stereocenters.